The van der Waals surface area contributed by atoms with Crippen molar-refractivity contribution in [2.45, 2.75) is 31.2 Å². The quantitative estimate of drug-likeness (QED) is 0.870. The van der Waals surface area contributed by atoms with Gasteiger partial charge in [0.1, 0.15) is 5.82 Å². The van der Waals surface area contributed by atoms with Crippen LogP contribution in [-0.2, 0) is 16.4 Å². The maximum atomic E-state index is 12.5. The van der Waals surface area contributed by atoms with Gasteiger partial charge in [0, 0.05) is 37.7 Å². The zero-order chi connectivity index (χ0) is 18.7. The Bertz CT molecular complexity index is 919. The zero-order valence-electron chi connectivity index (χ0n) is 15.0. The van der Waals surface area contributed by atoms with E-state index >= 15 is 0 Å². The molecule has 7 heteroatoms. The minimum atomic E-state index is -3.35. The average Bonchev–Trinajstić information content (AvgIpc) is 3.14. The molecule has 0 radical (unpaired) electrons. The summed E-state index contributed by atoms with van der Waals surface area (Å²) in [6.45, 7) is 4.18. The molecule has 1 aliphatic rings. The molecule has 0 aliphatic carbocycles. The van der Waals surface area contributed by atoms with Crippen LogP contribution in [0.5, 0.6) is 0 Å². The number of hydrogen-bond donors (Lipinski definition) is 1. The van der Waals surface area contributed by atoms with Crippen molar-refractivity contribution in [1.29, 1.82) is 0 Å². The van der Waals surface area contributed by atoms with Gasteiger partial charge in [-0.15, -0.1) is 0 Å². The van der Waals surface area contributed by atoms with Crippen molar-refractivity contribution in [2.75, 3.05) is 24.2 Å². The second kappa shape index (κ2) is 7.45. The third-order valence-corrected chi connectivity index (χ3v) is 5.69. The first-order valence-electron chi connectivity index (χ1n) is 8.63. The highest BCUT2D eigenvalue weighted by molar-refractivity contribution is 7.90. The lowest BCUT2D eigenvalue weighted by Crippen LogP contribution is -2.24. The van der Waals surface area contributed by atoms with Crippen LogP contribution < -0.4 is 10.2 Å². The molecule has 2 heterocycles. The van der Waals surface area contributed by atoms with Crippen LogP contribution in [0.1, 0.15) is 34.3 Å². The fourth-order valence-electron chi connectivity index (χ4n) is 3.04. The van der Waals surface area contributed by atoms with Crippen LogP contribution in [0.2, 0.25) is 0 Å². The predicted molar refractivity (Wildman–Crippen MR) is 101 cm³/mol. The highest BCUT2D eigenvalue weighted by atomic mass is 32.2. The van der Waals surface area contributed by atoms with Crippen LogP contribution in [0, 0.1) is 6.92 Å². The summed E-state index contributed by atoms with van der Waals surface area (Å²) in [6.07, 6.45) is 5.25. The van der Waals surface area contributed by atoms with E-state index in [0.29, 0.717) is 12.1 Å². The highest BCUT2D eigenvalue weighted by Crippen LogP contribution is 2.19. The molecule has 1 fully saturated rings. The Kier molecular flexibility index (Phi) is 5.27. The van der Waals surface area contributed by atoms with Crippen molar-refractivity contribution in [1.82, 2.24) is 10.3 Å². The molecule has 0 spiro atoms. The van der Waals surface area contributed by atoms with Crippen molar-refractivity contribution in [2.24, 2.45) is 0 Å². The average molecular weight is 373 g/mol. The summed E-state index contributed by atoms with van der Waals surface area (Å²) in [5.41, 5.74) is 2.08. The van der Waals surface area contributed by atoms with Gasteiger partial charge in [0.25, 0.3) is 5.91 Å². The molecule has 3 rings (SSSR count). The number of pyridine rings is 1. The molecule has 0 saturated carbocycles. The Hall–Kier alpha value is -2.41. The molecule has 1 aromatic carbocycles. The van der Waals surface area contributed by atoms with E-state index in [9.17, 15) is 13.2 Å². The second-order valence-corrected chi connectivity index (χ2v) is 8.66. The number of benzene rings is 1. The van der Waals surface area contributed by atoms with Crippen molar-refractivity contribution in [3.8, 4) is 0 Å². The molecule has 0 unspecified atom stereocenters. The number of hydrogen-bond acceptors (Lipinski definition) is 5. The number of carbonyl (C=O) groups excluding carboxylic acids is 1. The van der Waals surface area contributed by atoms with E-state index in [4.69, 9.17) is 0 Å². The number of aryl methyl sites for hydroxylation is 1. The van der Waals surface area contributed by atoms with Crippen LogP contribution in [0.15, 0.2) is 41.4 Å². The van der Waals surface area contributed by atoms with Gasteiger partial charge in [-0.2, -0.15) is 0 Å². The summed E-state index contributed by atoms with van der Waals surface area (Å²) < 4.78 is 23.4. The number of rotatable bonds is 5. The minimum absolute atomic E-state index is 0.147. The molecule has 1 saturated heterocycles. The standard InChI is InChI=1S/C19H23N3O3S/c1-14-5-6-16(26(2,24)25)12-17(14)19(23)21-13-15-7-8-20-18(11-15)22-9-3-4-10-22/h5-8,11-12H,3-4,9-10,13H2,1-2H3,(H,21,23). The fourth-order valence-corrected chi connectivity index (χ4v) is 3.69. The van der Waals surface area contributed by atoms with Gasteiger partial charge in [0.2, 0.25) is 0 Å². The predicted octanol–water partition coefficient (Wildman–Crippen LogP) is 2.32. The van der Waals surface area contributed by atoms with E-state index < -0.39 is 9.84 Å². The largest absolute Gasteiger partial charge is 0.357 e. The van der Waals surface area contributed by atoms with E-state index in [2.05, 4.69) is 15.2 Å². The van der Waals surface area contributed by atoms with Crippen molar-refractivity contribution < 1.29 is 13.2 Å². The van der Waals surface area contributed by atoms with E-state index in [1.54, 1.807) is 19.2 Å². The summed E-state index contributed by atoms with van der Waals surface area (Å²) in [5, 5.41) is 2.87. The van der Waals surface area contributed by atoms with Gasteiger partial charge in [-0.05, 0) is 55.2 Å². The summed E-state index contributed by atoms with van der Waals surface area (Å²) in [4.78, 5) is 19.3. The van der Waals surface area contributed by atoms with Crippen LogP contribution >= 0.6 is 0 Å². The molecule has 2 aromatic rings. The first kappa shape index (κ1) is 18.4. The lowest BCUT2D eigenvalue weighted by molar-refractivity contribution is 0.0950. The summed E-state index contributed by atoms with van der Waals surface area (Å²) >= 11 is 0. The molecule has 0 bridgehead atoms. The monoisotopic (exact) mass is 373 g/mol. The normalized spacial score (nSPS) is 14.5. The molecule has 1 aliphatic heterocycles. The molecule has 138 valence electrons. The second-order valence-electron chi connectivity index (χ2n) is 6.65. The van der Waals surface area contributed by atoms with Gasteiger partial charge in [0.05, 0.1) is 4.90 Å². The lowest BCUT2D eigenvalue weighted by atomic mass is 10.1. The van der Waals surface area contributed by atoms with Gasteiger partial charge in [-0.25, -0.2) is 13.4 Å². The van der Waals surface area contributed by atoms with Crippen LogP contribution in [0.3, 0.4) is 0 Å². The van der Waals surface area contributed by atoms with Crippen molar-refractivity contribution in [3.05, 3.63) is 53.2 Å². The SMILES string of the molecule is Cc1ccc(S(C)(=O)=O)cc1C(=O)NCc1ccnc(N2CCCC2)c1. The van der Waals surface area contributed by atoms with Crippen molar-refractivity contribution >= 4 is 21.6 Å². The maximum absolute atomic E-state index is 12.5. The maximum Gasteiger partial charge on any atom is 0.251 e. The molecular formula is C19H23N3O3S. The fraction of sp³-hybridized carbons (Fsp3) is 0.368. The van der Waals surface area contributed by atoms with Gasteiger partial charge in [-0.1, -0.05) is 6.07 Å². The van der Waals surface area contributed by atoms with Gasteiger partial charge in [-0.3, -0.25) is 4.79 Å². The molecule has 1 aromatic heterocycles. The number of nitrogens with zero attached hydrogens (tertiary/aromatic N) is 2. The number of anilines is 1. The Morgan fingerprint density at radius 3 is 2.62 bits per heavy atom. The van der Waals surface area contributed by atoms with Gasteiger partial charge < -0.3 is 10.2 Å². The first-order chi connectivity index (χ1) is 12.3. The Labute approximate surface area is 154 Å². The molecule has 26 heavy (non-hydrogen) atoms. The third kappa shape index (κ3) is 4.22. The van der Waals surface area contributed by atoms with E-state index in [-0.39, 0.29) is 10.8 Å². The summed E-state index contributed by atoms with van der Waals surface area (Å²) in [7, 11) is -3.35. The van der Waals surface area contributed by atoms with E-state index in [1.165, 1.54) is 25.0 Å². The number of aromatic nitrogens is 1. The highest BCUT2D eigenvalue weighted by Gasteiger charge is 2.16. The van der Waals surface area contributed by atoms with E-state index in [1.807, 2.05) is 12.1 Å². The molecular weight excluding hydrogens is 350 g/mol. The molecule has 1 amide bonds. The van der Waals surface area contributed by atoms with Crippen LogP contribution in [0.25, 0.3) is 0 Å². The zero-order valence-corrected chi connectivity index (χ0v) is 15.8. The molecule has 6 nitrogen and oxygen atoms in total. The van der Waals surface area contributed by atoms with E-state index in [0.717, 1.165) is 36.3 Å². The molecule has 0 atom stereocenters. The summed E-state index contributed by atoms with van der Waals surface area (Å²) in [6, 6.07) is 8.48. The Morgan fingerprint density at radius 1 is 1.19 bits per heavy atom. The van der Waals surface area contributed by atoms with Crippen LogP contribution in [-0.4, -0.2) is 38.7 Å². The number of sulfone groups is 1. The van der Waals surface area contributed by atoms with Gasteiger partial charge >= 0.3 is 0 Å². The van der Waals surface area contributed by atoms with Crippen molar-refractivity contribution in [3.63, 3.8) is 0 Å². The van der Waals surface area contributed by atoms with Crippen LogP contribution in [0.4, 0.5) is 5.82 Å². The topological polar surface area (TPSA) is 79.4 Å². The Morgan fingerprint density at radius 2 is 1.92 bits per heavy atom. The third-order valence-electron chi connectivity index (χ3n) is 4.57. The van der Waals surface area contributed by atoms with Gasteiger partial charge in [0.15, 0.2) is 9.84 Å². The lowest BCUT2D eigenvalue weighted by Gasteiger charge is -2.17. The first-order valence-corrected chi connectivity index (χ1v) is 10.5. The Balaban J connectivity index is 1.72. The summed E-state index contributed by atoms with van der Waals surface area (Å²) in [5.74, 6) is 0.650. The number of nitrogens with one attached hydrogen (secondary N) is 1. The minimum Gasteiger partial charge on any atom is -0.357 e. The number of amides is 1. The number of carbonyl (C=O) groups is 1. The molecule has 1 N–H and O–H groups in total. The smallest absolute Gasteiger partial charge is 0.251 e.